The van der Waals surface area contributed by atoms with Gasteiger partial charge in [-0.05, 0) is 12.5 Å². The van der Waals surface area contributed by atoms with Gasteiger partial charge in [0.05, 0.1) is 5.69 Å². The predicted octanol–water partition coefficient (Wildman–Crippen LogP) is 2.65. The van der Waals surface area contributed by atoms with Crippen LogP contribution in [0.3, 0.4) is 0 Å². The lowest BCUT2D eigenvalue weighted by molar-refractivity contribution is -0.116. The Labute approximate surface area is 111 Å². The Morgan fingerprint density at radius 2 is 2.06 bits per heavy atom. The first-order chi connectivity index (χ1) is 8.58. The van der Waals surface area contributed by atoms with E-state index in [1.165, 1.54) is 0 Å². The Morgan fingerprint density at radius 3 is 2.61 bits per heavy atom. The summed E-state index contributed by atoms with van der Waals surface area (Å²) in [6.07, 6.45) is 0. The summed E-state index contributed by atoms with van der Waals surface area (Å²) >= 11 is 6.12. The van der Waals surface area contributed by atoms with Gasteiger partial charge >= 0.3 is 0 Å². The average Bonchev–Trinajstić information content (AvgIpc) is 2.68. The second-order valence-corrected chi connectivity index (χ2v) is 4.49. The van der Waals surface area contributed by atoms with Crippen LogP contribution in [0.2, 0.25) is 0 Å². The van der Waals surface area contributed by atoms with Gasteiger partial charge in [-0.2, -0.15) is 5.10 Å². The summed E-state index contributed by atoms with van der Waals surface area (Å²) < 4.78 is 1.61. The molecule has 2 rings (SSSR count). The van der Waals surface area contributed by atoms with Gasteiger partial charge in [-0.3, -0.25) is 9.48 Å². The second kappa shape index (κ2) is 5.23. The zero-order valence-corrected chi connectivity index (χ0v) is 11.0. The van der Waals surface area contributed by atoms with Crippen LogP contribution in [0.5, 0.6) is 0 Å². The predicted molar refractivity (Wildman–Crippen MR) is 71.6 cm³/mol. The summed E-state index contributed by atoms with van der Waals surface area (Å²) in [7, 11) is 1.77. The van der Waals surface area contributed by atoms with Gasteiger partial charge in [-0.1, -0.05) is 30.3 Å². The number of amides is 1. The third-order valence-corrected chi connectivity index (χ3v) is 3.03. The van der Waals surface area contributed by atoms with Crippen LogP contribution in [-0.2, 0) is 11.8 Å². The molecule has 94 valence electrons. The molecule has 1 atom stereocenters. The van der Waals surface area contributed by atoms with Crippen molar-refractivity contribution in [1.29, 1.82) is 0 Å². The molecule has 0 aliphatic heterocycles. The number of hydrogen-bond acceptors (Lipinski definition) is 2. The molecular formula is C13H14ClN3O. The third-order valence-electron chi connectivity index (χ3n) is 2.58. The van der Waals surface area contributed by atoms with Crippen LogP contribution in [0.15, 0.2) is 36.4 Å². The number of nitrogens with one attached hydrogen (secondary N) is 1. The Bertz CT molecular complexity index is 551. The van der Waals surface area contributed by atoms with Crippen LogP contribution < -0.4 is 5.32 Å². The lowest BCUT2D eigenvalue weighted by atomic mass is 10.1. The van der Waals surface area contributed by atoms with Crippen LogP contribution in [0.25, 0.3) is 0 Å². The average molecular weight is 264 g/mol. The first-order valence-electron chi connectivity index (χ1n) is 5.58. The molecule has 18 heavy (non-hydrogen) atoms. The number of carbonyl (C=O) groups excluding carboxylic acids is 1. The van der Waals surface area contributed by atoms with Gasteiger partial charge in [0.15, 0.2) is 0 Å². The van der Waals surface area contributed by atoms with Crippen molar-refractivity contribution in [1.82, 2.24) is 9.78 Å². The standard InChI is InChI=1S/C13H14ClN3O/c1-9-8-11(17(2)16-9)15-13(18)12(14)10-6-4-3-5-7-10/h3-8,12H,1-2H3,(H,15,18). The fraction of sp³-hybridized carbons (Fsp3) is 0.231. The number of halogens is 1. The van der Waals surface area contributed by atoms with Crippen molar-refractivity contribution in [3.63, 3.8) is 0 Å². The number of alkyl halides is 1. The molecule has 0 saturated heterocycles. The summed E-state index contributed by atoms with van der Waals surface area (Å²) in [5.41, 5.74) is 1.62. The highest BCUT2D eigenvalue weighted by atomic mass is 35.5. The highest BCUT2D eigenvalue weighted by Crippen LogP contribution is 2.22. The number of aromatic nitrogens is 2. The van der Waals surface area contributed by atoms with Crippen LogP contribution >= 0.6 is 11.6 Å². The van der Waals surface area contributed by atoms with Gasteiger partial charge in [-0.25, -0.2) is 0 Å². The lowest BCUT2D eigenvalue weighted by Crippen LogP contribution is -2.19. The van der Waals surface area contributed by atoms with Gasteiger partial charge in [0, 0.05) is 13.1 Å². The van der Waals surface area contributed by atoms with Crippen LogP contribution in [0.1, 0.15) is 16.6 Å². The maximum atomic E-state index is 12.0. The zero-order chi connectivity index (χ0) is 13.1. The SMILES string of the molecule is Cc1cc(NC(=O)C(Cl)c2ccccc2)n(C)n1. The van der Waals surface area contributed by atoms with E-state index < -0.39 is 5.38 Å². The summed E-state index contributed by atoms with van der Waals surface area (Å²) in [6, 6.07) is 11.0. The molecule has 0 bridgehead atoms. The number of benzene rings is 1. The smallest absolute Gasteiger partial charge is 0.248 e. The topological polar surface area (TPSA) is 46.9 Å². The number of nitrogens with zero attached hydrogens (tertiary/aromatic N) is 2. The van der Waals surface area contributed by atoms with Gasteiger partial charge in [0.1, 0.15) is 11.2 Å². The first kappa shape index (κ1) is 12.6. The van der Waals surface area contributed by atoms with E-state index in [1.54, 1.807) is 17.8 Å². The molecule has 1 N–H and O–H groups in total. The highest BCUT2D eigenvalue weighted by Gasteiger charge is 2.18. The fourth-order valence-electron chi connectivity index (χ4n) is 1.69. The molecule has 1 heterocycles. The lowest BCUT2D eigenvalue weighted by Gasteiger charge is -2.10. The molecule has 0 aliphatic carbocycles. The Kier molecular flexibility index (Phi) is 3.67. The molecule has 4 nitrogen and oxygen atoms in total. The normalized spacial score (nSPS) is 12.2. The van der Waals surface area contributed by atoms with E-state index in [2.05, 4.69) is 10.4 Å². The van der Waals surface area contributed by atoms with E-state index in [0.29, 0.717) is 5.82 Å². The largest absolute Gasteiger partial charge is 0.309 e. The fourth-order valence-corrected chi connectivity index (χ4v) is 1.89. The molecule has 1 aromatic heterocycles. The van der Waals surface area contributed by atoms with Crippen molar-refractivity contribution in [2.45, 2.75) is 12.3 Å². The molecule has 0 fully saturated rings. The second-order valence-electron chi connectivity index (χ2n) is 4.06. The molecule has 1 unspecified atom stereocenters. The van der Waals surface area contributed by atoms with E-state index in [0.717, 1.165) is 11.3 Å². The molecule has 1 aromatic carbocycles. The quantitative estimate of drug-likeness (QED) is 0.866. The first-order valence-corrected chi connectivity index (χ1v) is 6.02. The van der Waals surface area contributed by atoms with E-state index in [-0.39, 0.29) is 5.91 Å². The minimum Gasteiger partial charge on any atom is -0.309 e. The maximum absolute atomic E-state index is 12.0. The van der Waals surface area contributed by atoms with Gasteiger partial charge in [0.2, 0.25) is 5.91 Å². The minimum absolute atomic E-state index is 0.258. The highest BCUT2D eigenvalue weighted by molar-refractivity contribution is 6.32. The van der Waals surface area contributed by atoms with Gasteiger partial charge < -0.3 is 5.32 Å². The summed E-state index contributed by atoms with van der Waals surface area (Å²) in [5.74, 6) is 0.380. The summed E-state index contributed by atoms with van der Waals surface area (Å²) in [5, 5.41) is 6.21. The Hall–Kier alpha value is -1.81. The van der Waals surface area contributed by atoms with Gasteiger partial charge in [0.25, 0.3) is 0 Å². The third kappa shape index (κ3) is 2.71. The van der Waals surface area contributed by atoms with Crippen molar-refractivity contribution in [3.8, 4) is 0 Å². The monoisotopic (exact) mass is 263 g/mol. The van der Waals surface area contributed by atoms with Crippen molar-refractivity contribution >= 4 is 23.3 Å². The van der Waals surface area contributed by atoms with E-state index in [9.17, 15) is 4.79 Å². The Morgan fingerprint density at radius 1 is 1.39 bits per heavy atom. The van der Waals surface area contributed by atoms with Crippen LogP contribution in [0.4, 0.5) is 5.82 Å². The molecular weight excluding hydrogens is 250 g/mol. The van der Waals surface area contributed by atoms with Crippen molar-refractivity contribution in [2.75, 3.05) is 5.32 Å². The zero-order valence-electron chi connectivity index (χ0n) is 10.2. The molecule has 0 radical (unpaired) electrons. The van der Waals surface area contributed by atoms with E-state index in [1.807, 2.05) is 37.3 Å². The van der Waals surface area contributed by atoms with Crippen LogP contribution in [-0.4, -0.2) is 15.7 Å². The number of rotatable bonds is 3. The maximum Gasteiger partial charge on any atom is 0.248 e. The minimum atomic E-state index is -0.707. The number of anilines is 1. The Balaban J connectivity index is 2.11. The van der Waals surface area contributed by atoms with Crippen molar-refractivity contribution < 1.29 is 4.79 Å². The molecule has 0 spiro atoms. The van der Waals surface area contributed by atoms with Crippen LogP contribution in [0, 0.1) is 6.92 Å². The number of hydrogen-bond donors (Lipinski definition) is 1. The van der Waals surface area contributed by atoms with Gasteiger partial charge in [-0.15, -0.1) is 11.6 Å². The van der Waals surface area contributed by atoms with Crippen molar-refractivity contribution in [2.24, 2.45) is 7.05 Å². The molecule has 0 saturated carbocycles. The summed E-state index contributed by atoms with van der Waals surface area (Å²) in [6.45, 7) is 1.87. The van der Waals surface area contributed by atoms with Crippen molar-refractivity contribution in [3.05, 3.63) is 47.7 Å². The molecule has 5 heteroatoms. The molecule has 2 aromatic rings. The molecule has 0 aliphatic rings. The summed E-state index contributed by atoms with van der Waals surface area (Å²) in [4.78, 5) is 12.0. The van der Waals surface area contributed by atoms with E-state index in [4.69, 9.17) is 11.6 Å². The molecule has 1 amide bonds. The number of aryl methyl sites for hydroxylation is 2. The van der Waals surface area contributed by atoms with E-state index >= 15 is 0 Å². The number of carbonyl (C=O) groups is 1.